The van der Waals surface area contributed by atoms with Crippen molar-refractivity contribution in [2.75, 3.05) is 18.1 Å². The summed E-state index contributed by atoms with van der Waals surface area (Å²) >= 11 is 3.45. The fourth-order valence-electron chi connectivity index (χ4n) is 3.60. The van der Waals surface area contributed by atoms with Gasteiger partial charge in [0.25, 0.3) is 0 Å². The molecule has 26 heavy (non-hydrogen) atoms. The van der Waals surface area contributed by atoms with Crippen molar-refractivity contribution in [3.63, 3.8) is 0 Å². The van der Waals surface area contributed by atoms with Gasteiger partial charge in [-0.3, -0.25) is 9.30 Å². The number of aromatic nitrogens is 3. The van der Waals surface area contributed by atoms with E-state index in [1.54, 1.807) is 10.5 Å². The minimum atomic E-state index is -1.08. The molecule has 0 aliphatic carbocycles. The van der Waals surface area contributed by atoms with Crippen LogP contribution in [0, 0.1) is 0 Å². The van der Waals surface area contributed by atoms with E-state index in [9.17, 15) is 9.90 Å². The third-order valence-corrected chi connectivity index (χ3v) is 5.31. The Morgan fingerprint density at radius 3 is 2.88 bits per heavy atom. The van der Waals surface area contributed by atoms with E-state index in [0.717, 1.165) is 16.9 Å². The minimum absolute atomic E-state index is 0.0539. The third kappa shape index (κ3) is 2.16. The lowest BCUT2D eigenvalue weighted by Gasteiger charge is -2.23. The number of rotatable bonds is 0. The van der Waals surface area contributed by atoms with Crippen molar-refractivity contribution in [1.29, 1.82) is 0 Å². The maximum absolute atomic E-state index is 12.1. The first-order valence-corrected chi connectivity index (χ1v) is 8.83. The van der Waals surface area contributed by atoms with Gasteiger partial charge < -0.3 is 14.6 Å². The van der Waals surface area contributed by atoms with Crippen LogP contribution in [0.1, 0.15) is 17.0 Å². The van der Waals surface area contributed by atoms with Gasteiger partial charge in [0.1, 0.15) is 12.1 Å². The molecule has 1 amide bonds. The predicted octanol–water partition coefficient (Wildman–Crippen LogP) is 3.04. The van der Waals surface area contributed by atoms with Crippen LogP contribution in [-0.2, 0) is 6.54 Å². The number of amides is 1. The molecule has 0 bridgehead atoms. The highest BCUT2D eigenvalue weighted by molar-refractivity contribution is 9.10. The fourth-order valence-corrected chi connectivity index (χ4v) is 4.08. The Kier molecular flexibility index (Phi) is 3.33. The van der Waals surface area contributed by atoms with Crippen LogP contribution in [0.2, 0.25) is 0 Å². The summed E-state index contributed by atoms with van der Waals surface area (Å²) in [6, 6.07) is 7.46. The fraction of sp³-hybridized carbons (Fsp3) is 0.235. The van der Waals surface area contributed by atoms with Gasteiger partial charge in [0.05, 0.1) is 30.1 Å². The van der Waals surface area contributed by atoms with Crippen LogP contribution < -0.4 is 14.4 Å². The van der Waals surface area contributed by atoms with Gasteiger partial charge in [0, 0.05) is 11.6 Å². The molecule has 9 heteroatoms. The summed E-state index contributed by atoms with van der Waals surface area (Å²) in [4.78, 5) is 13.4. The maximum atomic E-state index is 12.1. The molecule has 1 aromatic carbocycles. The highest BCUT2D eigenvalue weighted by Crippen LogP contribution is 2.42. The number of carbonyl (C=O) groups is 1. The van der Waals surface area contributed by atoms with E-state index in [-0.39, 0.29) is 12.5 Å². The summed E-state index contributed by atoms with van der Waals surface area (Å²) in [5, 5.41) is 17.9. The zero-order valence-electron chi connectivity index (χ0n) is 13.4. The number of carboxylic acid groups (broad SMARTS) is 1. The van der Waals surface area contributed by atoms with Crippen LogP contribution in [0.3, 0.4) is 0 Å². The summed E-state index contributed by atoms with van der Waals surface area (Å²) in [6.07, 6.45) is 0.405. The Morgan fingerprint density at radius 2 is 2.08 bits per heavy atom. The molecule has 0 saturated heterocycles. The number of halogens is 1. The monoisotopic (exact) mass is 416 g/mol. The number of hydrogen-bond acceptors (Lipinski definition) is 5. The lowest BCUT2D eigenvalue weighted by molar-refractivity contribution is 0.200. The van der Waals surface area contributed by atoms with Crippen LogP contribution >= 0.6 is 15.9 Å². The van der Waals surface area contributed by atoms with Crippen LogP contribution in [0.25, 0.3) is 5.65 Å². The lowest BCUT2D eigenvalue weighted by atomic mass is 9.96. The quantitative estimate of drug-likeness (QED) is 0.605. The molecular weight excluding hydrogens is 404 g/mol. The van der Waals surface area contributed by atoms with Crippen molar-refractivity contribution in [2.45, 2.75) is 12.5 Å². The van der Waals surface area contributed by atoms with Gasteiger partial charge in [0.15, 0.2) is 17.2 Å². The normalized spacial score (nSPS) is 18.2. The van der Waals surface area contributed by atoms with E-state index < -0.39 is 6.09 Å². The van der Waals surface area contributed by atoms with Crippen molar-refractivity contribution >= 4 is 33.5 Å². The average Bonchev–Trinajstić information content (AvgIpc) is 3.26. The number of nitrogens with zero attached hydrogens (tertiary/aromatic N) is 4. The number of benzene rings is 1. The van der Waals surface area contributed by atoms with Gasteiger partial charge in [-0.15, -0.1) is 10.2 Å². The number of pyridine rings is 1. The van der Waals surface area contributed by atoms with Gasteiger partial charge in [0.2, 0.25) is 0 Å². The second-order valence-electron chi connectivity index (χ2n) is 6.22. The van der Waals surface area contributed by atoms with Crippen LogP contribution in [0.5, 0.6) is 11.5 Å². The Morgan fingerprint density at radius 1 is 1.27 bits per heavy atom. The standard InChI is InChI=1S/C17H13BrN4O4/c18-11-4-13-16(22-8-19-20-15(11)22)21(17(23)24)5-9-2-1-3-12-14(9)10(6-25-12)7-26-13/h1-4,8,10H,5-7H2,(H,23,24)/t10-/m0/s1. The Labute approximate surface area is 156 Å². The number of fused-ring (bicyclic) bond motifs is 3. The van der Waals surface area contributed by atoms with Gasteiger partial charge in [-0.2, -0.15) is 0 Å². The first-order chi connectivity index (χ1) is 12.6. The summed E-state index contributed by atoms with van der Waals surface area (Å²) in [5.41, 5.74) is 2.46. The van der Waals surface area contributed by atoms with Gasteiger partial charge in [-0.25, -0.2) is 4.79 Å². The number of anilines is 1. The zero-order chi connectivity index (χ0) is 17.8. The van der Waals surface area contributed by atoms with E-state index in [1.807, 2.05) is 18.2 Å². The molecule has 1 N–H and O–H groups in total. The van der Waals surface area contributed by atoms with Crippen LogP contribution in [0.4, 0.5) is 10.6 Å². The molecule has 0 spiro atoms. The maximum Gasteiger partial charge on any atom is 0.413 e. The van der Waals surface area contributed by atoms with Gasteiger partial charge >= 0.3 is 6.09 Å². The molecule has 1 atom stereocenters. The highest BCUT2D eigenvalue weighted by atomic mass is 79.9. The average molecular weight is 417 g/mol. The Hall–Kier alpha value is -2.81. The smallest absolute Gasteiger partial charge is 0.413 e. The summed E-state index contributed by atoms with van der Waals surface area (Å²) < 4.78 is 14.1. The minimum Gasteiger partial charge on any atom is -0.493 e. The lowest BCUT2D eigenvalue weighted by Crippen LogP contribution is -2.30. The third-order valence-electron chi connectivity index (χ3n) is 4.73. The largest absolute Gasteiger partial charge is 0.493 e. The molecule has 8 nitrogen and oxygen atoms in total. The molecule has 132 valence electrons. The SMILES string of the molecule is O=C(O)N1Cc2cccc3c2[C@@H](CO3)COc2cc(Br)c3nncn3c21. The zero-order valence-corrected chi connectivity index (χ0v) is 15.0. The van der Waals surface area contributed by atoms with Crippen LogP contribution in [-0.4, -0.2) is 39.0 Å². The van der Waals surface area contributed by atoms with E-state index in [4.69, 9.17) is 9.47 Å². The molecule has 3 aromatic rings. The van der Waals surface area contributed by atoms with E-state index in [1.165, 1.54) is 11.2 Å². The molecule has 5 rings (SSSR count). The van der Waals surface area contributed by atoms with E-state index in [0.29, 0.717) is 34.9 Å². The Balaban J connectivity index is 1.77. The van der Waals surface area contributed by atoms with Gasteiger partial charge in [-0.05, 0) is 27.6 Å². The summed E-state index contributed by atoms with van der Waals surface area (Å²) in [6.45, 7) is 1.10. The molecule has 2 aromatic heterocycles. The number of ether oxygens (including phenoxy) is 2. The van der Waals surface area contributed by atoms with Crippen molar-refractivity contribution in [3.05, 3.63) is 46.2 Å². The second kappa shape index (κ2) is 5.60. The van der Waals surface area contributed by atoms with Crippen molar-refractivity contribution in [3.8, 4) is 11.5 Å². The topological polar surface area (TPSA) is 89.2 Å². The summed E-state index contributed by atoms with van der Waals surface area (Å²) in [5.74, 6) is 1.69. The van der Waals surface area contributed by atoms with Crippen molar-refractivity contribution in [2.24, 2.45) is 0 Å². The number of hydrogen-bond donors (Lipinski definition) is 1. The first kappa shape index (κ1) is 15.4. The Bertz CT molecular complexity index is 1050. The molecule has 2 aliphatic heterocycles. The van der Waals surface area contributed by atoms with E-state index in [2.05, 4.69) is 26.1 Å². The highest BCUT2D eigenvalue weighted by Gasteiger charge is 2.33. The summed E-state index contributed by atoms with van der Waals surface area (Å²) in [7, 11) is 0. The predicted molar refractivity (Wildman–Crippen MR) is 95.1 cm³/mol. The van der Waals surface area contributed by atoms with Gasteiger partial charge in [-0.1, -0.05) is 12.1 Å². The molecule has 2 aliphatic rings. The van der Waals surface area contributed by atoms with Crippen molar-refractivity contribution < 1.29 is 19.4 Å². The second-order valence-corrected chi connectivity index (χ2v) is 7.08. The molecule has 0 saturated carbocycles. The molecule has 0 radical (unpaired) electrons. The molecule has 4 heterocycles. The van der Waals surface area contributed by atoms with Crippen molar-refractivity contribution in [1.82, 2.24) is 14.6 Å². The molecule has 0 unspecified atom stereocenters. The molecule has 0 fully saturated rings. The van der Waals surface area contributed by atoms with E-state index >= 15 is 0 Å². The van der Waals surface area contributed by atoms with Crippen LogP contribution in [0.15, 0.2) is 35.1 Å². The molecular formula is C17H13BrN4O4. The first-order valence-electron chi connectivity index (χ1n) is 8.03.